The van der Waals surface area contributed by atoms with E-state index in [1.807, 2.05) is 24.3 Å². The Labute approximate surface area is 528 Å². The maximum Gasteiger partial charge on any atom is 0.261 e. The molecule has 3 saturated heterocycles. The van der Waals surface area contributed by atoms with Gasteiger partial charge in [-0.1, -0.05) is 52.3 Å². The number of benzene rings is 3. The number of carbonyl (C=O) groups is 8. The summed E-state index contributed by atoms with van der Waals surface area (Å²) in [4.78, 5) is 115. The van der Waals surface area contributed by atoms with Crippen LogP contribution in [0.1, 0.15) is 80.8 Å². The quantitative estimate of drug-likeness (QED) is 0.0163. The molecule has 3 aliphatic heterocycles. The summed E-state index contributed by atoms with van der Waals surface area (Å²) in [6, 6.07) is 4.00. The summed E-state index contributed by atoms with van der Waals surface area (Å²) in [5.41, 5.74) is 6.37. The average Bonchev–Trinajstić information content (AvgIpc) is 1.75. The van der Waals surface area contributed by atoms with E-state index < -0.39 is 183 Å². The lowest BCUT2D eigenvalue weighted by Gasteiger charge is -2.34. The lowest BCUT2D eigenvalue weighted by atomic mass is 9.96. The van der Waals surface area contributed by atoms with E-state index in [1.54, 1.807) is 19.2 Å². The van der Waals surface area contributed by atoms with Crippen LogP contribution in [0.2, 0.25) is 0 Å². The molecule has 0 aliphatic carbocycles. The minimum Gasteiger partial charge on any atom is -0.504 e. The van der Waals surface area contributed by atoms with E-state index in [0.29, 0.717) is 27.9 Å². The van der Waals surface area contributed by atoms with E-state index in [-0.39, 0.29) is 23.5 Å². The number of nitrogens with two attached hydrogens (primary N) is 1. The molecule has 4 heterocycles. The van der Waals surface area contributed by atoms with Crippen molar-refractivity contribution >= 4 is 70.9 Å². The van der Waals surface area contributed by atoms with Crippen molar-refractivity contribution < 1.29 is 107 Å². The number of hydrogen-bond acceptors (Lipinski definition) is 26. The first-order valence-corrected chi connectivity index (χ1v) is 30.3. The molecule has 0 bridgehead atoms. The second-order valence-electron chi connectivity index (χ2n) is 22.1. The van der Waals surface area contributed by atoms with Crippen molar-refractivity contribution in [1.82, 2.24) is 46.6 Å². The van der Waals surface area contributed by atoms with E-state index >= 15 is 0 Å². The van der Waals surface area contributed by atoms with Crippen molar-refractivity contribution in [2.45, 2.75) is 138 Å². The van der Waals surface area contributed by atoms with Gasteiger partial charge in [-0.25, -0.2) is 5.26 Å². The van der Waals surface area contributed by atoms with Crippen molar-refractivity contribution in [3.05, 3.63) is 77.9 Å². The number of aliphatic hydroxyl groups excluding tert-OH is 7. The molecule has 4 aromatic rings. The lowest BCUT2D eigenvalue weighted by Crippen LogP contribution is -2.64. The van der Waals surface area contributed by atoms with Crippen LogP contribution in [0.3, 0.4) is 0 Å². The topological polar surface area (TPSA) is 483 Å². The van der Waals surface area contributed by atoms with Crippen LogP contribution in [-0.2, 0) is 47.7 Å². The molecular formula is C57H74N10O22S2. The summed E-state index contributed by atoms with van der Waals surface area (Å²) in [5, 5.41) is 124. The number of aliphatic hydroxyl groups is 7. The van der Waals surface area contributed by atoms with Gasteiger partial charge < -0.3 is 96.6 Å². The molecule has 3 aliphatic rings. The summed E-state index contributed by atoms with van der Waals surface area (Å²) < 4.78 is 20.2. The number of carbonyl (C=O) groups excluding carboxylic acids is 8. The average molecular weight is 1320 g/mol. The Hall–Kier alpha value is -7.71. The van der Waals surface area contributed by atoms with Crippen LogP contribution in [-0.4, -0.2) is 226 Å². The van der Waals surface area contributed by atoms with Crippen LogP contribution in [0.15, 0.2) is 66.7 Å². The van der Waals surface area contributed by atoms with Gasteiger partial charge in [0, 0.05) is 68.8 Å². The zero-order chi connectivity index (χ0) is 66.2. The number of fused-ring (bicyclic) bond motifs is 2. The molecule has 16 N–H and O–H groups in total. The van der Waals surface area contributed by atoms with Gasteiger partial charge in [0.05, 0.1) is 43.5 Å². The fraction of sp³-hybridized carbons (Fsp3) is 0.509. The molecule has 3 aromatic carbocycles. The van der Waals surface area contributed by atoms with E-state index in [4.69, 9.17) is 24.6 Å². The second-order valence-corrected chi connectivity index (χ2v) is 23.5. The van der Waals surface area contributed by atoms with Gasteiger partial charge in [0.25, 0.3) is 18.2 Å². The molecule has 91 heavy (non-hydrogen) atoms. The standard InChI is InChI=1S/C57H74N10O22S2/c1-27-25-67-45(46(27)74)53(81)59-24-33(69)21-36(60-49(77)29-8-10-30(11-9-29)54-64-65-55(90-54)31-12-15-35(16-13-31)86-19-7-5-4-6-18-85-3)50(78)61-42(28(2)68)56(82)66-26-34(70)22-37(66)51(79)63-44(52(80)62-43(57(67)83)39(72)23-41(58)73)48(76)47(75)32-14-17-38(71)40(20-32)87-91-89-88-84/h8-17,20,27-28,33-34,36-37,39,42-48,68-72,74-76,84H,4-7,18-19,21-26H2,1-3H3,(H2,58,73)(H,59,81)(H,60,77)(H,61,78)(H,62,80)(H,63,79). The van der Waals surface area contributed by atoms with Gasteiger partial charge >= 0.3 is 0 Å². The summed E-state index contributed by atoms with van der Waals surface area (Å²) in [6.45, 7) is 1.97. The highest BCUT2D eigenvalue weighted by molar-refractivity contribution is 7.90. The number of amides is 8. The van der Waals surface area contributed by atoms with Gasteiger partial charge in [-0.2, -0.15) is 0 Å². The summed E-state index contributed by atoms with van der Waals surface area (Å²) >= 11 is 1.25. The number of phenols is 1. The molecule has 3 fully saturated rings. The van der Waals surface area contributed by atoms with Crippen molar-refractivity contribution in [2.75, 3.05) is 40.0 Å². The second kappa shape index (κ2) is 33.0. The summed E-state index contributed by atoms with van der Waals surface area (Å²) in [7, 11) is 1.68. The molecule has 14 unspecified atom stereocenters. The Morgan fingerprint density at radius 2 is 1.40 bits per heavy atom. The van der Waals surface area contributed by atoms with E-state index in [1.165, 1.54) is 30.4 Å². The van der Waals surface area contributed by atoms with Crippen LogP contribution in [0.5, 0.6) is 17.2 Å². The predicted molar refractivity (Wildman–Crippen MR) is 318 cm³/mol. The number of unbranched alkanes of at least 4 members (excludes halogenated alkanes) is 3. The van der Waals surface area contributed by atoms with Crippen molar-refractivity contribution in [3.8, 4) is 38.4 Å². The molecule has 1 aromatic heterocycles. The highest BCUT2D eigenvalue weighted by Gasteiger charge is 2.50. The highest BCUT2D eigenvalue weighted by atomic mass is 32.2. The van der Waals surface area contributed by atoms with Gasteiger partial charge in [0.2, 0.25) is 41.4 Å². The number of ether oxygens (including phenoxy) is 2. The third-order valence-electron chi connectivity index (χ3n) is 15.4. The Balaban J connectivity index is 1.17. The van der Waals surface area contributed by atoms with E-state index in [9.17, 15) is 79.2 Å². The molecule has 32 nitrogen and oxygen atoms in total. The lowest BCUT2D eigenvalue weighted by molar-refractivity contribution is -0.433. The molecule has 0 radical (unpaired) electrons. The van der Waals surface area contributed by atoms with E-state index in [0.717, 1.165) is 72.8 Å². The van der Waals surface area contributed by atoms with Crippen LogP contribution in [0, 0.1) is 5.92 Å². The zero-order valence-electron chi connectivity index (χ0n) is 49.4. The van der Waals surface area contributed by atoms with E-state index in [2.05, 4.69) is 46.2 Å². The number of nitrogens with zero attached hydrogens (tertiary/aromatic N) is 4. The minimum absolute atomic E-state index is 0.0156. The number of aromatic hydroxyl groups is 1. The number of β-amino-alcohol motifs (C(OH)–C–C–N with tert-alkyl or cyclic N) is 1. The normalized spacial score (nSPS) is 25.1. The van der Waals surface area contributed by atoms with Crippen molar-refractivity contribution in [1.29, 1.82) is 0 Å². The number of rotatable bonds is 23. The first kappa shape index (κ1) is 70.7. The summed E-state index contributed by atoms with van der Waals surface area (Å²) in [5.74, 6) is -11.2. The number of aromatic nitrogens is 2. The monoisotopic (exact) mass is 1310 g/mol. The molecule has 0 spiro atoms. The fourth-order valence-corrected chi connectivity index (χ4v) is 11.6. The van der Waals surface area contributed by atoms with Crippen molar-refractivity contribution in [3.63, 3.8) is 0 Å². The number of primary amides is 1. The Kier molecular flexibility index (Phi) is 25.7. The Bertz CT molecular complexity index is 3170. The zero-order valence-corrected chi connectivity index (χ0v) is 51.1. The SMILES string of the molecule is COCCCCCCOc1ccc(-c2nnc(-c3ccc(C(=O)NC4CC(O)CNC(=O)C5C(O)C(C)CN5C(=O)C(C(O)CC(N)=O)NC(=O)C(C(O)C(O)c5ccc(O)c(OSOOO)c5)NC(=O)C5CC(O)CN5C(=O)C(C(C)O)NC4=O)cc3)s2)cc1. The largest absolute Gasteiger partial charge is 0.504 e. The molecule has 14 atom stereocenters. The fourth-order valence-electron chi connectivity index (χ4n) is 10.5. The van der Waals surface area contributed by atoms with Gasteiger partial charge in [0.1, 0.15) is 64.2 Å². The van der Waals surface area contributed by atoms with Gasteiger partial charge in [-0.15, -0.1) is 10.2 Å². The smallest absolute Gasteiger partial charge is 0.261 e. The van der Waals surface area contributed by atoms with Crippen LogP contribution in [0.25, 0.3) is 21.1 Å². The number of phenolic OH excluding ortho intramolecular Hbond substituents is 1. The minimum atomic E-state index is -2.53. The van der Waals surface area contributed by atoms with Gasteiger partial charge in [0.15, 0.2) is 11.5 Å². The van der Waals surface area contributed by atoms with Crippen molar-refractivity contribution in [2.24, 2.45) is 11.7 Å². The highest BCUT2D eigenvalue weighted by Crippen LogP contribution is 2.35. The maximum atomic E-state index is 14.7. The molecule has 496 valence electrons. The first-order valence-electron chi connectivity index (χ1n) is 28.9. The molecule has 7 rings (SSSR count). The predicted octanol–water partition coefficient (Wildman–Crippen LogP) is -2.16. The first-order chi connectivity index (χ1) is 43.4. The third kappa shape index (κ3) is 18.5. The Morgan fingerprint density at radius 3 is 2.03 bits per heavy atom. The van der Waals surface area contributed by atoms with Crippen LogP contribution >= 0.6 is 23.7 Å². The van der Waals surface area contributed by atoms with Crippen LogP contribution < -0.4 is 41.2 Å². The summed E-state index contributed by atoms with van der Waals surface area (Å²) in [6.07, 6.45) is -12.2. The third-order valence-corrected chi connectivity index (χ3v) is 16.8. The molecule has 0 saturated carbocycles. The number of nitrogens with one attached hydrogen (secondary N) is 5. The molecule has 34 heteroatoms. The molecule has 8 amide bonds. The van der Waals surface area contributed by atoms with Gasteiger partial charge in [-0.3, -0.25) is 38.4 Å². The van der Waals surface area contributed by atoms with Gasteiger partial charge in [-0.05, 0) is 80.3 Å². The van der Waals surface area contributed by atoms with Crippen LogP contribution in [0.4, 0.5) is 0 Å². The number of methoxy groups -OCH3 is 1. The molecular weight excluding hydrogens is 1240 g/mol. The Morgan fingerprint density at radius 1 is 0.769 bits per heavy atom. The number of hydrogen-bond donors (Lipinski definition) is 15. The maximum absolute atomic E-state index is 14.7.